The van der Waals surface area contributed by atoms with Crippen LogP contribution in [0.3, 0.4) is 0 Å². The van der Waals surface area contributed by atoms with E-state index in [-0.39, 0.29) is 11.9 Å². The molecule has 0 radical (unpaired) electrons. The molecule has 5 nitrogen and oxygen atoms in total. The predicted octanol–water partition coefficient (Wildman–Crippen LogP) is 5.17. The molecule has 30 heavy (non-hydrogen) atoms. The van der Waals surface area contributed by atoms with Crippen molar-refractivity contribution >= 4 is 16.7 Å². The first kappa shape index (κ1) is 19.2. The monoisotopic (exact) mass is 403 g/mol. The summed E-state index contributed by atoms with van der Waals surface area (Å²) in [5.74, 6) is 0.441. The first-order chi connectivity index (χ1) is 14.7. The number of carbonyl (C=O) groups excluding carboxylic acids is 1. The Morgan fingerprint density at radius 1 is 1.00 bits per heavy atom. The van der Waals surface area contributed by atoms with E-state index < -0.39 is 12.4 Å². The van der Waals surface area contributed by atoms with Gasteiger partial charge in [-0.05, 0) is 43.2 Å². The van der Waals surface area contributed by atoms with Crippen molar-refractivity contribution in [1.82, 2.24) is 4.98 Å². The van der Waals surface area contributed by atoms with Gasteiger partial charge in [-0.15, -0.1) is 0 Å². The van der Waals surface area contributed by atoms with Crippen molar-refractivity contribution in [1.29, 1.82) is 0 Å². The summed E-state index contributed by atoms with van der Waals surface area (Å²) in [6.07, 6.45) is 4.08. The number of ether oxygens (including phenoxy) is 3. The molecule has 0 spiro atoms. The van der Waals surface area contributed by atoms with E-state index in [0.717, 1.165) is 47.8 Å². The lowest BCUT2D eigenvalue weighted by Gasteiger charge is -2.34. The van der Waals surface area contributed by atoms with Gasteiger partial charge in [0.1, 0.15) is 5.75 Å². The first-order valence-electron chi connectivity index (χ1n) is 10.6. The van der Waals surface area contributed by atoms with Crippen LogP contribution in [0.25, 0.3) is 22.2 Å². The number of methoxy groups -OCH3 is 1. The number of Topliss-reactive ketones (excluding diaryl/α,β-unsaturated/α-hetero) is 1. The van der Waals surface area contributed by atoms with Gasteiger partial charge >= 0.3 is 0 Å². The largest absolute Gasteiger partial charge is 0.461 e. The van der Waals surface area contributed by atoms with Crippen LogP contribution in [0.2, 0.25) is 0 Å². The number of rotatable bonds is 4. The van der Waals surface area contributed by atoms with Crippen LogP contribution in [0.15, 0.2) is 54.6 Å². The van der Waals surface area contributed by atoms with Gasteiger partial charge in [0, 0.05) is 18.1 Å². The highest BCUT2D eigenvalue weighted by Gasteiger charge is 2.40. The van der Waals surface area contributed by atoms with Gasteiger partial charge < -0.3 is 14.2 Å². The van der Waals surface area contributed by atoms with Crippen molar-refractivity contribution in [2.45, 2.75) is 50.6 Å². The molecule has 3 aromatic rings. The van der Waals surface area contributed by atoms with Crippen LogP contribution in [0.4, 0.5) is 0 Å². The molecule has 0 bridgehead atoms. The van der Waals surface area contributed by atoms with Crippen molar-refractivity contribution in [3.05, 3.63) is 60.2 Å². The van der Waals surface area contributed by atoms with Gasteiger partial charge in [0.15, 0.2) is 6.10 Å². The van der Waals surface area contributed by atoms with Crippen molar-refractivity contribution < 1.29 is 19.0 Å². The fraction of sp³-hybridized carbons (Fsp3) is 0.360. The van der Waals surface area contributed by atoms with Crippen LogP contribution in [0.5, 0.6) is 5.75 Å². The molecular formula is C25H25NO4. The lowest BCUT2D eigenvalue weighted by Crippen LogP contribution is -2.47. The molecule has 0 saturated heterocycles. The first-order valence-corrected chi connectivity index (χ1v) is 10.6. The maximum Gasteiger partial charge on any atom is 0.233 e. The van der Waals surface area contributed by atoms with Crippen LogP contribution >= 0.6 is 0 Å². The molecule has 154 valence electrons. The fourth-order valence-corrected chi connectivity index (χ4v) is 4.38. The summed E-state index contributed by atoms with van der Waals surface area (Å²) in [4.78, 5) is 18.1. The normalized spacial score (nSPS) is 22.0. The van der Waals surface area contributed by atoms with E-state index in [9.17, 15) is 4.79 Å². The van der Waals surface area contributed by atoms with E-state index >= 15 is 0 Å². The third kappa shape index (κ3) is 3.59. The van der Waals surface area contributed by atoms with Crippen molar-refractivity contribution in [3.63, 3.8) is 0 Å². The Morgan fingerprint density at radius 3 is 2.67 bits per heavy atom. The summed E-state index contributed by atoms with van der Waals surface area (Å²) in [6.45, 7) is 0. The zero-order valence-corrected chi connectivity index (χ0v) is 17.0. The van der Waals surface area contributed by atoms with Crippen molar-refractivity contribution in [2.24, 2.45) is 0 Å². The zero-order chi connectivity index (χ0) is 20.5. The SMILES string of the molecule is COC1Oc2ccc(-c3ccc4ccccc4n3)cc2C(=O)C1OC1CCCCC1. The van der Waals surface area contributed by atoms with Crippen LogP contribution in [0, 0.1) is 0 Å². The number of fused-ring (bicyclic) bond motifs is 2. The topological polar surface area (TPSA) is 57.7 Å². The molecule has 1 aliphatic carbocycles. The molecule has 2 atom stereocenters. The Balaban J connectivity index is 1.47. The van der Waals surface area contributed by atoms with Crippen LogP contribution in [-0.2, 0) is 9.47 Å². The number of nitrogens with zero attached hydrogens (tertiary/aromatic N) is 1. The molecule has 1 fully saturated rings. The number of hydrogen-bond acceptors (Lipinski definition) is 5. The van der Waals surface area contributed by atoms with E-state index in [2.05, 4.69) is 0 Å². The molecule has 2 heterocycles. The Bertz CT molecular complexity index is 1070. The summed E-state index contributed by atoms with van der Waals surface area (Å²) in [5, 5.41) is 1.09. The molecule has 1 aliphatic heterocycles. The van der Waals surface area contributed by atoms with E-state index in [1.54, 1.807) is 7.11 Å². The molecule has 2 unspecified atom stereocenters. The summed E-state index contributed by atoms with van der Waals surface area (Å²) in [5.41, 5.74) is 3.15. The van der Waals surface area contributed by atoms with Crippen molar-refractivity contribution in [3.8, 4) is 17.0 Å². The molecule has 1 saturated carbocycles. The summed E-state index contributed by atoms with van der Waals surface area (Å²) < 4.78 is 17.6. The number of pyridine rings is 1. The highest BCUT2D eigenvalue weighted by Crippen LogP contribution is 2.35. The lowest BCUT2D eigenvalue weighted by atomic mass is 9.95. The summed E-state index contributed by atoms with van der Waals surface area (Å²) in [6, 6.07) is 17.6. The molecule has 5 rings (SSSR count). The number of para-hydroxylation sites is 1. The maximum absolute atomic E-state index is 13.4. The second-order valence-electron chi connectivity index (χ2n) is 8.00. The Labute approximate surface area is 176 Å². The summed E-state index contributed by atoms with van der Waals surface area (Å²) in [7, 11) is 1.55. The Morgan fingerprint density at radius 2 is 1.83 bits per heavy atom. The number of hydrogen-bond donors (Lipinski definition) is 0. The minimum absolute atomic E-state index is 0.0841. The Kier molecular flexibility index (Phi) is 5.23. The second kappa shape index (κ2) is 8.17. The fourth-order valence-electron chi connectivity index (χ4n) is 4.38. The maximum atomic E-state index is 13.4. The highest BCUT2D eigenvalue weighted by molar-refractivity contribution is 6.04. The van der Waals surface area contributed by atoms with Gasteiger partial charge in [-0.1, -0.05) is 43.5 Å². The van der Waals surface area contributed by atoms with Gasteiger partial charge in [-0.3, -0.25) is 4.79 Å². The number of carbonyl (C=O) groups is 1. The van der Waals surface area contributed by atoms with E-state index in [4.69, 9.17) is 19.2 Å². The second-order valence-corrected chi connectivity index (χ2v) is 8.00. The zero-order valence-electron chi connectivity index (χ0n) is 17.0. The van der Waals surface area contributed by atoms with Gasteiger partial charge in [0.2, 0.25) is 12.1 Å². The van der Waals surface area contributed by atoms with Gasteiger partial charge in [-0.25, -0.2) is 4.98 Å². The third-order valence-corrected chi connectivity index (χ3v) is 6.01. The standard InChI is InChI=1S/C25H25NO4/c1-28-25-24(29-18-8-3-2-4-9-18)23(27)19-15-17(12-14-22(19)30-25)21-13-11-16-7-5-6-10-20(16)26-21/h5-7,10-15,18,24-25H,2-4,8-9H2,1H3. The number of ketones is 1. The van der Waals surface area contributed by atoms with Gasteiger partial charge in [0.05, 0.1) is 22.9 Å². The smallest absolute Gasteiger partial charge is 0.233 e. The van der Waals surface area contributed by atoms with E-state index in [1.165, 1.54) is 6.42 Å². The predicted molar refractivity (Wildman–Crippen MR) is 115 cm³/mol. The lowest BCUT2D eigenvalue weighted by molar-refractivity contribution is -0.157. The highest BCUT2D eigenvalue weighted by atomic mass is 16.7. The van der Waals surface area contributed by atoms with Gasteiger partial charge in [-0.2, -0.15) is 0 Å². The van der Waals surface area contributed by atoms with E-state index in [1.807, 2.05) is 54.6 Å². The minimum Gasteiger partial charge on any atom is -0.461 e. The van der Waals surface area contributed by atoms with E-state index in [0.29, 0.717) is 11.3 Å². The third-order valence-electron chi connectivity index (χ3n) is 6.01. The molecule has 2 aliphatic rings. The van der Waals surface area contributed by atoms with Crippen LogP contribution in [0.1, 0.15) is 42.5 Å². The summed E-state index contributed by atoms with van der Waals surface area (Å²) >= 11 is 0. The van der Waals surface area contributed by atoms with Crippen LogP contribution < -0.4 is 4.74 Å². The average Bonchev–Trinajstić information content (AvgIpc) is 2.81. The molecule has 5 heteroatoms. The van der Waals surface area contributed by atoms with Crippen molar-refractivity contribution in [2.75, 3.05) is 7.11 Å². The Hall–Kier alpha value is -2.76. The number of benzene rings is 2. The van der Waals surface area contributed by atoms with Gasteiger partial charge in [0.25, 0.3) is 0 Å². The van der Waals surface area contributed by atoms with Crippen LogP contribution in [-0.4, -0.2) is 36.4 Å². The average molecular weight is 403 g/mol. The molecule has 1 aromatic heterocycles. The molecular weight excluding hydrogens is 378 g/mol. The molecule has 2 aromatic carbocycles. The molecule has 0 amide bonds. The molecule has 0 N–H and O–H groups in total. The minimum atomic E-state index is -0.745. The quantitative estimate of drug-likeness (QED) is 0.602. The number of aromatic nitrogens is 1.